The topological polar surface area (TPSA) is 63.7 Å². The van der Waals surface area contributed by atoms with Gasteiger partial charge in [0.15, 0.2) is 5.72 Å². The van der Waals surface area contributed by atoms with Crippen LogP contribution in [0.25, 0.3) is 0 Å². The second-order valence-corrected chi connectivity index (χ2v) is 3.39. The molecule has 1 heterocycles. The Balaban J connectivity index is 2.87. The van der Waals surface area contributed by atoms with Crippen LogP contribution in [0.4, 0.5) is 0 Å². The second kappa shape index (κ2) is 3.25. The lowest BCUT2D eigenvalue weighted by Crippen LogP contribution is -2.50. The minimum atomic E-state index is -1.23. The van der Waals surface area contributed by atoms with Crippen LogP contribution in [-0.4, -0.2) is 28.4 Å². The lowest BCUT2D eigenvalue weighted by atomic mass is 10.2. The van der Waals surface area contributed by atoms with E-state index in [0.717, 1.165) is 17.1 Å². The molecular formula is C9H11NO4. The zero-order valence-corrected chi connectivity index (χ0v) is 8.23. The average Bonchev–Trinajstić information content (AvgIpc) is 2.27. The van der Waals surface area contributed by atoms with Crippen molar-refractivity contribution in [1.29, 1.82) is 0 Å². The standard InChI is InChI=1S/C9H11NO4/c1-6(11)14-9(2,3)10-7(12)4-5-8(10)13/h4-5H,1-3H3. The molecule has 0 radical (unpaired) electrons. The zero-order valence-electron chi connectivity index (χ0n) is 8.23. The van der Waals surface area contributed by atoms with Crippen molar-refractivity contribution in [2.45, 2.75) is 26.5 Å². The van der Waals surface area contributed by atoms with Crippen LogP contribution < -0.4 is 0 Å². The molecule has 1 aliphatic rings. The molecule has 0 aromatic rings. The van der Waals surface area contributed by atoms with Crippen molar-refractivity contribution in [3.8, 4) is 0 Å². The number of hydrogen-bond acceptors (Lipinski definition) is 4. The normalized spacial score (nSPS) is 16.4. The van der Waals surface area contributed by atoms with Gasteiger partial charge in [-0.2, -0.15) is 0 Å². The summed E-state index contributed by atoms with van der Waals surface area (Å²) < 4.78 is 4.87. The van der Waals surface area contributed by atoms with E-state index in [1.807, 2.05) is 0 Å². The number of esters is 1. The minimum Gasteiger partial charge on any atom is -0.439 e. The fraction of sp³-hybridized carbons (Fsp3) is 0.444. The van der Waals surface area contributed by atoms with Gasteiger partial charge in [0, 0.05) is 19.1 Å². The van der Waals surface area contributed by atoms with E-state index in [2.05, 4.69) is 0 Å². The molecule has 2 amide bonds. The van der Waals surface area contributed by atoms with Crippen LogP contribution in [0.3, 0.4) is 0 Å². The predicted molar refractivity (Wildman–Crippen MR) is 46.8 cm³/mol. The van der Waals surface area contributed by atoms with Gasteiger partial charge < -0.3 is 4.74 Å². The van der Waals surface area contributed by atoms with Crippen molar-refractivity contribution in [2.75, 3.05) is 0 Å². The Bertz CT molecular complexity index is 312. The van der Waals surface area contributed by atoms with Crippen molar-refractivity contribution in [3.63, 3.8) is 0 Å². The summed E-state index contributed by atoms with van der Waals surface area (Å²) in [5.41, 5.74) is -1.23. The SMILES string of the molecule is CC(=O)OC(C)(C)N1C(=O)C=CC1=O. The molecule has 1 aliphatic heterocycles. The fourth-order valence-electron chi connectivity index (χ4n) is 1.33. The largest absolute Gasteiger partial charge is 0.439 e. The van der Waals surface area contributed by atoms with E-state index in [0.29, 0.717) is 0 Å². The summed E-state index contributed by atoms with van der Waals surface area (Å²) in [7, 11) is 0. The third-order valence-corrected chi connectivity index (χ3v) is 1.74. The molecule has 5 heteroatoms. The number of carbonyl (C=O) groups excluding carboxylic acids is 3. The summed E-state index contributed by atoms with van der Waals surface area (Å²) in [5, 5.41) is 0. The van der Waals surface area contributed by atoms with Crippen molar-refractivity contribution in [2.24, 2.45) is 0 Å². The summed E-state index contributed by atoms with van der Waals surface area (Å²) >= 11 is 0. The molecular weight excluding hydrogens is 186 g/mol. The highest BCUT2D eigenvalue weighted by Gasteiger charge is 2.39. The molecule has 0 N–H and O–H groups in total. The Hall–Kier alpha value is -1.65. The van der Waals surface area contributed by atoms with Gasteiger partial charge in [-0.05, 0) is 13.8 Å². The first kappa shape index (κ1) is 10.4. The van der Waals surface area contributed by atoms with E-state index >= 15 is 0 Å². The summed E-state index contributed by atoms with van der Waals surface area (Å²) in [5.74, 6) is -1.48. The summed E-state index contributed by atoms with van der Waals surface area (Å²) in [6.45, 7) is 4.19. The first-order valence-electron chi connectivity index (χ1n) is 4.10. The fourth-order valence-corrected chi connectivity index (χ4v) is 1.33. The molecule has 0 unspecified atom stereocenters. The van der Waals surface area contributed by atoms with E-state index in [9.17, 15) is 14.4 Å². The highest BCUT2D eigenvalue weighted by Crippen LogP contribution is 2.20. The lowest BCUT2D eigenvalue weighted by Gasteiger charge is -2.32. The van der Waals surface area contributed by atoms with Crippen LogP contribution in [0.5, 0.6) is 0 Å². The average molecular weight is 197 g/mol. The molecule has 0 fully saturated rings. The quantitative estimate of drug-likeness (QED) is 0.469. The molecule has 0 aromatic carbocycles. The van der Waals surface area contributed by atoms with Gasteiger partial charge in [0.25, 0.3) is 11.8 Å². The van der Waals surface area contributed by atoms with Crippen molar-refractivity contribution >= 4 is 17.8 Å². The molecule has 0 aliphatic carbocycles. The number of imide groups is 1. The van der Waals surface area contributed by atoms with Crippen LogP contribution in [0.2, 0.25) is 0 Å². The van der Waals surface area contributed by atoms with Gasteiger partial charge in [0.05, 0.1) is 0 Å². The Labute approximate surface area is 81.3 Å². The van der Waals surface area contributed by atoms with E-state index in [1.54, 1.807) is 0 Å². The third kappa shape index (κ3) is 1.81. The first-order chi connectivity index (χ1) is 6.34. The van der Waals surface area contributed by atoms with Gasteiger partial charge >= 0.3 is 5.97 Å². The summed E-state index contributed by atoms with van der Waals surface area (Å²) in [6.07, 6.45) is 2.29. The van der Waals surface area contributed by atoms with Crippen LogP contribution in [-0.2, 0) is 19.1 Å². The predicted octanol–water partition coefficient (Wildman–Crippen LogP) is 0.211. The van der Waals surface area contributed by atoms with E-state index in [1.165, 1.54) is 20.8 Å². The first-order valence-corrected chi connectivity index (χ1v) is 4.10. The van der Waals surface area contributed by atoms with E-state index < -0.39 is 23.5 Å². The van der Waals surface area contributed by atoms with Crippen molar-refractivity contribution in [1.82, 2.24) is 4.90 Å². The van der Waals surface area contributed by atoms with Crippen molar-refractivity contribution < 1.29 is 19.1 Å². The number of hydrogen-bond donors (Lipinski definition) is 0. The zero-order chi connectivity index (χ0) is 10.9. The van der Waals surface area contributed by atoms with Crippen LogP contribution >= 0.6 is 0 Å². The molecule has 76 valence electrons. The molecule has 0 spiro atoms. The molecule has 0 bridgehead atoms. The third-order valence-electron chi connectivity index (χ3n) is 1.74. The maximum Gasteiger partial charge on any atom is 0.304 e. The van der Waals surface area contributed by atoms with Crippen LogP contribution in [0.1, 0.15) is 20.8 Å². The van der Waals surface area contributed by atoms with Crippen molar-refractivity contribution in [3.05, 3.63) is 12.2 Å². The van der Waals surface area contributed by atoms with Gasteiger partial charge in [-0.3, -0.25) is 14.4 Å². The molecule has 0 aromatic heterocycles. The highest BCUT2D eigenvalue weighted by atomic mass is 16.6. The Morgan fingerprint density at radius 2 is 1.71 bits per heavy atom. The van der Waals surface area contributed by atoms with Gasteiger partial charge in [0.2, 0.25) is 0 Å². The molecule has 5 nitrogen and oxygen atoms in total. The maximum absolute atomic E-state index is 11.2. The summed E-state index contributed by atoms with van der Waals surface area (Å²) in [6, 6.07) is 0. The van der Waals surface area contributed by atoms with Gasteiger partial charge in [-0.1, -0.05) is 0 Å². The summed E-state index contributed by atoms with van der Waals surface area (Å²) in [4.78, 5) is 34.1. The number of rotatable bonds is 2. The van der Waals surface area contributed by atoms with E-state index in [-0.39, 0.29) is 0 Å². The smallest absolute Gasteiger partial charge is 0.304 e. The van der Waals surface area contributed by atoms with E-state index in [4.69, 9.17) is 4.74 Å². The van der Waals surface area contributed by atoms with Crippen LogP contribution in [0, 0.1) is 0 Å². The molecule has 0 saturated carbocycles. The molecule has 0 saturated heterocycles. The number of nitrogens with zero attached hydrogens (tertiary/aromatic N) is 1. The number of amides is 2. The Kier molecular flexibility index (Phi) is 2.42. The number of ether oxygens (including phenoxy) is 1. The van der Waals surface area contributed by atoms with Gasteiger partial charge in [-0.25, -0.2) is 4.90 Å². The van der Waals surface area contributed by atoms with Gasteiger partial charge in [0.1, 0.15) is 0 Å². The molecule has 14 heavy (non-hydrogen) atoms. The monoisotopic (exact) mass is 197 g/mol. The highest BCUT2D eigenvalue weighted by molar-refractivity contribution is 6.13. The Morgan fingerprint density at radius 1 is 1.29 bits per heavy atom. The minimum absolute atomic E-state index is 0.471. The molecule has 0 atom stereocenters. The lowest BCUT2D eigenvalue weighted by molar-refractivity contribution is -0.179. The second-order valence-electron chi connectivity index (χ2n) is 3.39. The maximum atomic E-state index is 11.2. The van der Waals surface area contributed by atoms with Gasteiger partial charge in [-0.15, -0.1) is 0 Å². The van der Waals surface area contributed by atoms with Crippen LogP contribution in [0.15, 0.2) is 12.2 Å². The number of carbonyl (C=O) groups is 3. The molecule has 1 rings (SSSR count). The Morgan fingerprint density at radius 3 is 2.07 bits per heavy atom.